The van der Waals surface area contributed by atoms with Gasteiger partial charge in [0.1, 0.15) is 6.54 Å². The molecule has 1 aromatic carbocycles. The Bertz CT molecular complexity index is 611. The lowest BCUT2D eigenvalue weighted by Crippen LogP contribution is -2.44. The van der Waals surface area contributed by atoms with E-state index >= 15 is 0 Å². The fourth-order valence-corrected chi connectivity index (χ4v) is 3.03. The molecule has 0 radical (unpaired) electrons. The highest BCUT2D eigenvalue weighted by atomic mass is 19.4. The SMILES string of the molecule is CCC(=O)N(CC(=O)NC1CCCCC1)c1cccc(C(F)(F)F)c1. The Labute approximate surface area is 145 Å². The summed E-state index contributed by atoms with van der Waals surface area (Å²) in [6.45, 7) is 1.34. The lowest BCUT2D eigenvalue weighted by molar-refractivity contribution is -0.137. The Morgan fingerprint density at radius 1 is 1.20 bits per heavy atom. The summed E-state index contributed by atoms with van der Waals surface area (Å²) < 4.78 is 38.7. The molecule has 4 nitrogen and oxygen atoms in total. The molecule has 0 heterocycles. The van der Waals surface area contributed by atoms with Crippen molar-refractivity contribution in [2.75, 3.05) is 11.4 Å². The van der Waals surface area contributed by atoms with E-state index in [1.54, 1.807) is 6.92 Å². The van der Waals surface area contributed by atoms with Crippen molar-refractivity contribution in [2.24, 2.45) is 0 Å². The summed E-state index contributed by atoms with van der Waals surface area (Å²) in [7, 11) is 0. The number of rotatable bonds is 5. The minimum Gasteiger partial charge on any atom is -0.352 e. The maximum atomic E-state index is 12.9. The van der Waals surface area contributed by atoms with E-state index in [2.05, 4.69) is 5.32 Å². The molecule has 0 aromatic heterocycles. The summed E-state index contributed by atoms with van der Waals surface area (Å²) in [5.74, 6) is -0.732. The highest BCUT2D eigenvalue weighted by Crippen LogP contribution is 2.31. The van der Waals surface area contributed by atoms with E-state index in [9.17, 15) is 22.8 Å². The number of benzene rings is 1. The van der Waals surface area contributed by atoms with E-state index in [0.717, 1.165) is 49.1 Å². The van der Waals surface area contributed by atoms with Gasteiger partial charge >= 0.3 is 6.18 Å². The van der Waals surface area contributed by atoms with Gasteiger partial charge in [-0.3, -0.25) is 9.59 Å². The summed E-state index contributed by atoms with van der Waals surface area (Å²) in [6.07, 6.45) is 0.658. The van der Waals surface area contributed by atoms with Gasteiger partial charge in [0.2, 0.25) is 11.8 Å². The molecule has 138 valence electrons. The van der Waals surface area contributed by atoms with Crippen molar-refractivity contribution in [2.45, 2.75) is 57.7 Å². The van der Waals surface area contributed by atoms with Crippen molar-refractivity contribution in [1.82, 2.24) is 5.32 Å². The van der Waals surface area contributed by atoms with Crippen LogP contribution in [0.25, 0.3) is 0 Å². The van der Waals surface area contributed by atoms with Crippen molar-refractivity contribution in [3.05, 3.63) is 29.8 Å². The van der Waals surface area contributed by atoms with Crippen LogP contribution in [-0.4, -0.2) is 24.4 Å². The average Bonchev–Trinajstić information content (AvgIpc) is 2.59. The number of alkyl halides is 3. The van der Waals surface area contributed by atoms with Gasteiger partial charge in [0.25, 0.3) is 0 Å². The fraction of sp³-hybridized carbons (Fsp3) is 0.556. The number of nitrogens with zero attached hydrogens (tertiary/aromatic N) is 1. The second kappa shape index (κ2) is 8.36. The molecule has 0 bridgehead atoms. The van der Waals surface area contributed by atoms with Gasteiger partial charge < -0.3 is 10.2 Å². The predicted octanol–water partition coefficient (Wildman–Crippen LogP) is 3.90. The molecule has 1 aliphatic carbocycles. The van der Waals surface area contributed by atoms with Gasteiger partial charge in [-0.05, 0) is 31.0 Å². The second-order valence-electron chi connectivity index (χ2n) is 6.28. The number of halogens is 3. The Morgan fingerprint density at radius 2 is 1.88 bits per heavy atom. The van der Waals surface area contributed by atoms with Crippen LogP contribution < -0.4 is 10.2 Å². The fourth-order valence-electron chi connectivity index (χ4n) is 3.03. The number of carbonyl (C=O) groups excluding carboxylic acids is 2. The van der Waals surface area contributed by atoms with Gasteiger partial charge in [-0.2, -0.15) is 13.2 Å². The van der Waals surface area contributed by atoms with Crippen LogP contribution in [0.5, 0.6) is 0 Å². The monoisotopic (exact) mass is 356 g/mol. The zero-order valence-electron chi connectivity index (χ0n) is 14.2. The van der Waals surface area contributed by atoms with Gasteiger partial charge in [-0.1, -0.05) is 32.3 Å². The molecule has 0 atom stereocenters. The third kappa shape index (κ3) is 5.47. The number of carbonyl (C=O) groups is 2. The molecule has 1 aliphatic rings. The molecule has 1 N–H and O–H groups in total. The third-order valence-corrected chi connectivity index (χ3v) is 4.36. The number of hydrogen-bond acceptors (Lipinski definition) is 2. The largest absolute Gasteiger partial charge is 0.416 e. The van der Waals surface area contributed by atoms with Gasteiger partial charge in [0, 0.05) is 18.2 Å². The summed E-state index contributed by atoms with van der Waals surface area (Å²) in [6, 6.07) is 4.59. The second-order valence-corrected chi connectivity index (χ2v) is 6.28. The molecule has 1 fully saturated rings. The molecule has 2 amide bonds. The first-order chi connectivity index (χ1) is 11.8. The minimum absolute atomic E-state index is 0.0838. The Balaban J connectivity index is 2.13. The van der Waals surface area contributed by atoms with Crippen molar-refractivity contribution < 1.29 is 22.8 Å². The molecule has 2 rings (SSSR count). The highest BCUT2D eigenvalue weighted by molar-refractivity contribution is 5.98. The first-order valence-corrected chi connectivity index (χ1v) is 8.58. The standard InChI is InChI=1S/C18H23F3N2O2/c1-2-17(25)23(12-16(24)22-14-8-4-3-5-9-14)15-10-6-7-13(11-15)18(19,20)21/h6-7,10-11,14H,2-5,8-9,12H2,1H3,(H,22,24). The first-order valence-electron chi connectivity index (χ1n) is 8.58. The number of anilines is 1. The average molecular weight is 356 g/mol. The highest BCUT2D eigenvalue weighted by Gasteiger charge is 2.31. The van der Waals surface area contributed by atoms with E-state index in [-0.39, 0.29) is 30.6 Å². The maximum absolute atomic E-state index is 12.9. The maximum Gasteiger partial charge on any atom is 0.416 e. The summed E-state index contributed by atoms with van der Waals surface area (Å²) >= 11 is 0. The van der Waals surface area contributed by atoms with Crippen LogP contribution in [0.3, 0.4) is 0 Å². The molecule has 1 saturated carbocycles. The van der Waals surface area contributed by atoms with E-state index in [4.69, 9.17) is 0 Å². The molecule has 0 aliphatic heterocycles. The van der Waals surface area contributed by atoms with E-state index in [0.29, 0.717) is 0 Å². The molecular formula is C18H23F3N2O2. The topological polar surface area (TPSA) is 49.4 Å². The Hall–Kier alpha value is -2.05. The van der Waals surface area contributed by atoms with E-state index < -0.39 is 17.6 Å². The van der Waals surface area contributed by atoms with Crippen molar-refractivity contribution in [3.8, 4) is 0 Å². The number of nitrogens with one attached hydrogen (secondary N) is 1. The first kappa shape index (κ1) is 19.3. The zero-order valence-corrected chi connectivity index (χ0v) is 14.2. The summed E-state index contributed by atoms with van der Waals surface area (Å²) in [5.41, 5.74) is -0.757. The van der Waals surface area contributed by atoms with Crippen LogP contribution in [0.15, 0.2) is 24.3 Å². The zero-order chi connectivity index (χ0) is 18.4. The van der Waals surface area contributed by atoms with Gasteiger partial charge in [0.15, 0.2) is 0 Å². The molecular weight excluding hydrogens is 333 g/mol. The molecule has 0 saturated heterocycles. The van der Waals surface area contributed by atoms with Gasteiger partial charge in [-0.15, -0.1) is 0 Å². The summed E-state index contributed by atoms with van der Waals surface area (Å²) in [4.78, 5) is 25.6. The van der Waals surface area contributed by atoms with E-state index in [1.807, 2.05) is 0 Å². The van der Waals surface area contributed by atoms with Crippen LogP contribution in [0.4, 0.5) is 18.9 Å². The quantitative estimate of drug-likeness (QED) is 0.870. The van der Waals surface area contributed by atoms with Crippen molar-refractivity contribution in [1.29, 1.82) is 0 Å². The third-order valence-electron chi connectivity index (χ3n) is 4.36. The van der Waals surface area contributed by atoms with Crippen LogP contribution in [0.1, 0.15) is 51.0 Å². The smallest absolute Gasteiger partial charge is 0.352 e. The minimum atomic E-state index is -4.50. The molecule has 25 heavy (non-hydrogen) atoms. The molecule has 1 aromatic rings. The van der Waals surface area contributed by atoms with Crippen molar-refractivity contribution in [3.63, 3.8) is 0 Å². The van der Waals surface area contributed by atoms with Gasteiger partial charge in [0.05, 0.1) is 5.56 Å². The van der Waals surface area contributed by atoms with Crippen LogP contribution in [0.2, 0.25) is 0 Å². The normalized spacial score (nSPS) is 15.7. The Morgan fingerprint density at radius 3 is 2.48 bits per heavy atom. The van der Waals surface area contributed by atoms with Gasteiger partial charge in [-0.25, -0.2) is 0 Å². The van der Waals surface area contributed by atoms with Crippen LogP contribution in [0, 0.1) is 0 Å². The Kier molecular flexibility index (Phi) is 6.45. The number of amides is 2. The van der Waals surface area contributed by atoms with Crippen LogP contribution in [-0.2, 0) is 15.8 Å². The lowest BCUT2D eigenvalue weighted by Gasteiger charge is -2.26. The van der Waals surface area contributed by atoms with Crippen molar-refractivity contribution >= 4 is 17.5 Å². The molecule has 0 unspecified atom stereocenters. The lowest BCUT2D eigenvalue weighted by atomic mass is 9.95. The number of hydrogen-bond donors (Lipinski definition) is 1. The molecule has 7 heteroatoms. The molecule has 0 spiro atoms. The summed E-state index contributed by atoms with van der Waals surface area (Å²) in [5, 5.41) is 2.89. The van der Waals surface area contributed by atoms with E-state index in [1.165, 1.54) is 12.1 Å². The van der Waals surface area contributed by atoms with Crippen LogP contribution >= 0.6 is 0 Å². The predicted molar refractivity (Wildman–Crippen MR) is 89.1 cm³/mol.